The molecule has 0 aliphatic heterocycles. The SMILES string of the molecule is CCSc1c(O)cnn(CC)c1=O. The van der Waals surface area contributed by atoms with E-state index in [1.165, 1.54) is 22.6 Å². The van der Waals surface area contributed by atoms with Crippen LogP contribution in [-0.4, -0.2) is 20.6 Å². The number of aryl methyl sites for hydroxylation is 1. The van der Waals surface area contributed by atoms with E-state index in [0.717, 1.165) is 5.75 Å². The zero-order valence-electron chi connectivity index (χ0n) is 7.65. The third-order valence-electron chi connectivity index (χ3n) is 1.57. The molecule has 0 aliphatic carbocycles. The summed E-state index contributed by atoms with van der Waals surface area (Å²) in [5.41, 5.74) is -0.214. The number of rotatable bonds is 3. The Morgan fingerprint density at radius 3 is 2.85 bits per heavy atom. The van der Waals surface area contributed by atoms with Crippen LogP contribution in [0, 0.1) is 0 Å². The first-order valence-corrected chi connectivity index (χ1v) is 5.11. The van der Waals surface area contributed by atoms with Crippen molar-refractivity contribution in [3.05, 3.63) is 16.6 Å². The van der Waals surface area contributed by atoms with E-state index in [2.05, 4.69) is 5.10 Å². The van der Waals surface area contributed by atoms with Gasteiger partial charge in [0, 0.05) is 6.54 Å². The van der Waals surface area contributed by atoms with Crippen LogP contribution >= 0.6 is 11.8 Å². The maximum absolute atomic E-state index is 11.5. The predicted octanol–water partition coefficient (Wildman–Crippen LogP) is 1.08. The molecule has 0 saturated heterocycles. The van der Waals surface area contributed by atoms with Crippen molar-refractivity contribution in [3.8, 4) is 5.75 Å². The molecule has 0 bridgehead atoms. The minimum absolute atomic E-state index is 0.0263. The lowest BCUT2D eigenvalue weighted by atomic mass is 10.5. The lowest BCUT2D eigenvalue weighted by Crippen LogP contribution is -2.22. The van der Waals surface area contributed by atoms with Crippen molar-refractivity contribution in [2.45, 2.75) is 25.3 Å². The highest BCUT2D eigenvalue weighted by molar-refractivity contribution is 7.99. The Morgan fingerprint density at radius 1 is 1.62 bits per heavy atom. The van der Waals surface area contributed by atoms with Crippen molar-refractivity contribution < 1.29 is 5.11 Å². The molecule has 0 unspecified atom stereocenters. The Hall–Kier alpha value is -0.970. The van der Waals surface area contributed by atoms with Gasteiger partial charge in [0.15, 0.2) is 5.75 Å². The third-order valence-corrected chi connectivity index (χ3v) is 2.53. The third kappa shape index (κ3) is 2.03. The summed E-state index contributed by atoms with van der Waals surface area (Å²) >= 11 is 1.33. The topological polar surface area (TPSA) is 55.1 Å². The van der Waals surface area contributed by atoms with E-state index in [0.29, 0.717) is 11.4 Å². The number of thioether (sulfide) groups is 1. The maximum Gasteiger partial charge on any atom is 0.284 e. The van der Waals surface area contributed by atoms with Gasteiger partial charge in [0.05, 0.1) is 6.20 Å². The quantitative estimate of drug-likeness (QED) is 0.742. The Balaban J connectivity index is 3.22. The smallest absolute Gasteiger partial charge is 0.284 e. The van der Waals surface area contributed by atoms with Gasteiger partial charge in [-0.2, -0.15) is 5.10 Å². The fourth-order valence-electron chi connectivity index (χ4n) is 0.967. The molecule has 0 spiro atoms. The molecule has 1 aromatic heterocycles. The molecule has 0 saturated carbocycles. The first-order chi connectivity index (χ1) is 6.20. The number of hydrogen-bond acceptors (Lipinski definition) is 4. The molecule has 4 nitrogen and oxygen atoms in total. The maximum atomic E-state index is 11.5. The molecule has 0 amide bonds. The molecule has 0 radical (unpaired) electrons. The number of aromatic nitrogens is 2. The minimum atomic E-state index is -0.214. The van der Waals surface area contributed by atoms with Crippen LogP contribution in [0.1, 0.15) is 13.8 Å². The number of hydrogen-bond donors (Lipinski definition) is 1. The van der Waals surface area contributed by atoms with Crippen LogP contribution < -0.4 is 5.56 Å². The molecule has 0 fully saturated rings. The summed E-state index contributed by atoms with van der Waals surface area (Å²) in [6, 6.07) is 0. The zero-order valence-corrected chi connectivity index (χ0v) is 8.47. The molecule has 1 rings (SSSR count). The second kappa shape index (κ2) is 4.32. The van der Waals surface area contributed by atoms with Gasteiger partial charge in [0.25, 0.3) is 5.56 Å². The second-order valence-corrected chi connectivity index (χ2v) is 3.69. The van der Waals surface area contributed by atoms with Gasteiger partial charge in [-0.25, -0.2) is 4.68 Å². The van der Waals surface area contributed by atoms with Crippen molar-refractivity contribution in [2.75, 3.05) is 5.75 Å². The van der Waals surface area contributed by atoms with Crippen LogP contribution in [0.2, 0.25) is 0 Å². The van der Waals surface area contributed by atoms with Crippen LogP contribution in [0.25, 0.3) is 0 Å². The van der Waals surface area contributed by atoms with E-state index in [1.807, 2.05) is 13.8 Å². The van der Waals surface area contributed by atoms with Crippen molar-refractivity contribution in [1.29, 1.82) is 0 Å². The number of nitrogens with zero attached hydrogens (tertiary/aromatic N) is 2. The van der Waals surface area contributed by atoms with Crippen LogP contribution in [-0.2, 0) is 6.54 Å². The Bertz CT molecular complexity index is 348. The van der Waals surface area contributed by atoms with E-state index in [-0.39, 0.29) is 11.3 Å². The molecule has 1 heterocycles. The highest BCUT2D eigenvalue weighted by Crippen LogP contribution is 2.22. The van der Waals surface area contributed by atoms with Crippen LogP contribution in [0.4, 0.5) is 0 Å². The largest absolute Gasteiger partial charge is 0.505 e. The normalized spacial score (nSPS) is 10.3. The monoisotopic (exact) mass is 200 g/mol. The van der Waals surface area contributed by atoms with Gasteiger partial charge in [-0.05, 0) is 12.7 Å². The highest BCUT2D eigenvalue weighted by atomic mass is 32.2. The molecule has 1 aromatic rings. The summed E-state index contributed by atoms with van der Waals surface area (Å²) in [6.07, 6.45) is 1.31. The Kier molecular flexibility index (Phi) is 3.36. The van der Waals surface area contributed by atoms with Crippen LogP contribution in [0.3, 0.4) is 0 Å². The molecule has 13 heavy (non-hydrogen) atoms. The zero-order chi connectivity index (χ0) is 9.84. The van der Waals surface area contributed by atoms with E-state index in [4.69, 9.17) is 0 Å². The summed E-state index contributed by atoms with van der Waals surface area (Å²) in [5.74, 6) is 0.734. The molecule has 0 atom stereocenters. The average molecular weight is 200 g/mol. The molecular formula is C8H12N2O2S. The van der Waals surface area contributed by atoms with Gasteiger partial charge in [-0.1, -0.05) is 6.92 Å². The van der Waals surface area contributed by atoms with Crippen LogP contribution in [0.15, 0.2) is 15.9 Å². The van der Waals surface area contributed by atoms with Gasteiger partial charge >= 0.3 is 0 Å². The molecular weight excluding hydrogens is 188 g/mol. The number of aromatic hydroxyl groups is 1. The van der Waals surface area contributed by atoms with Gasteiger partial charge < -0.3 is 5.11 Å². The first-order valence-electron chi connectivity index (χ1n) is 4.12. The average Bonchev–Trinajstić information content (AvgIpc) is 2.12. The lowest BCUT2D eigenvalue weighted by molar-refractivity contribution is 0.443. The lowest BCUT2D eigenvalue weighted by Gasteiger charge is -2.04. The fourth-order valence-corrected chi connectivity index (χ4v) is 1.69. The summed E-state index contributed by atoms with van der Waals surface area (Å²) in [5, 5.41) is 13.1. The van der Waals surface area contributed by atoms with Gasteiger partial charge in [0.1, 0.15) is 4.90 Å². The molecule has 1 N–H and O–H groups in total. The van der Waals surface area contributed by atoms with E-state index < -0.39 is 0 Å². The summed E-state index contributed by atoms with van der Waals surface area (Å²) in [4.78, 5) is 11.9. The molecule has 0 aromatic carbocycles. The van der Waals surface area contributed by atoms with E-state index >= 15 is 0 Å². The predicted molar refractivity (Wildman–Crippen MR) is 52.2 cm³/mol. The van der Waals surface area contributed by atoms with Crippen molar-refractivity contribution in [2.24, 2.45) is 0 Å². The molecule has 0 aliphatic rings. The standard InChI is InChI=1S/C8H12N2O2S/c1-3-10-8(12)7(13-4-2)6(11)5-9-10/h5,11H,3-4H2,1-2H3. The van der Waals surface area contributed by atoms with Crippen molar-refractivity contribution in [3.63, 3.8) is 0 Å². The molecule has 72 valence electrons. The second-order valence-electron chi connectivity index (χ2n) is 2.41. The first kappa shape index (κ1) is 10.1. The summed E-state index contributed by atoms with van der Waals surface area (Å²) < 4.78 is 1.33. The Morgan fingerprint density at radius 2 is 2.31 bits per heavy atom. The van der Waals surface area contributed by atoms with E-state index in [9.17, 15) is 9.90 Å². The van der Waals surface area contributed by atoms with Crippen molar-refractivity contribution >= 4 is 11.8 Å². The van der Waals surface area contributed by atoms with Gasteiger partial charge in [0.2, 0.25) is 0 Å². The Labute approximate surface area is 80.6 Å². The molecule has 5 heteroatoms. The van der Waals surface area contributed by atoms with Gasteiger partial charge in [-0.3, -0.25) is 4.79 Å². The van der Waals surface area contributed by atoms with Crippen LogP contribution in [0.5, 0.6) is 5.75 Å². The highest BCUT2D eigenvalue weighted by Gasteiger charge is 2.08. The minimum Gasteiger partial charge on any atom is -0.505 e. The fraction of sp³-hybridized carbons (Fsp3) is 0.500. The summed E-state index contributed by atoms with van der Waals surface area (Å²) in [6.45, 7) is 4.29. The summed E-state index contributed by atoms with van der Waals surface area (Å²) in [7, 11) is 0. The van der Waals surface area contributed by atoms with Crippen molar-refractivity contribution in [1.82, 2.24) is 9.78 Å². The van der Waals surface area contributed by atoms with Gasteiger partial charge in [-0.15, -0.1) is 11.8 Å². The van der Waals surface area contributed by atoms with E-state index in [1.54, 1.807) is 0 Å².